The molecule has 1 rings (SSSR count). The Balaban J connectivity index is 2.27. The first kappa shape index (κ1) is 12.6. The van der Waals surface area contributed by atoms with Crippen molar-refractivity contribution in [2.24, 2.45) is 0 Å². The lowest BCUT2D eigenvalue weighted by molar-refractivity contribution is 0.491. The first-order chi connectivity index (χ1) is 7.75. The third-order valence-electron chi connectivity index (χ3n) is 2.24. The number of rotatable bonds is 6. The van der Waals surface area contributed by atoms with E-state index < -0.39 is 11.6 Å². The Bertz CT molecular complexity index is 372. The van der Waals surface area contributed by atoms with Crippen LogP contribution in [0.1, 0.15) is 24.8 Å². The molecule has 1 N–H and O–H groups in total. The molecule has 0 saturated carbocycles. The van der Waals surface area contributed by atoms with Crippen LogP contribution >= 0.6 is 0 Å². The van der Waals surface area contributed by atoms with Crippen LogP contribution in [-0.4, -0.2) is 6.54 Å². The summed E-state index contributed by atoms with van der Waals surface area (Å²) in [5, 5.41) is 11.3. The van der Waals surface area contributed by atoms with Crippen molar-refractivity contribution in [1.82, 2.24) is 5.32 Å². The third-order valence-corrected chi connectivity index (χ3v) is 2.24. The van der Waals surface area contributed by atoms with Crippen LogP contribution in [0.3, 0.4) is 0 Å². The molecule has 0 amide bonds. The third kappa shape index (κ3) is 3.95. The number of unbranched alkanes of at least 4 members (excludes halogenated alkanes) is 2. The maximum Gasteiger partial charge on any atom is 0.163 e. The summed E-state index contributed by atoms with van der Waals surface area (Å²) in [5.74, 6) is -1.60. The lowest BCUT2D eigenvalue weighted by atomic mass is 10.2. The molecule has 0 aliphatic heterocycles. The molecule has 0 bridgehead atoms. The van der Waals surface area contributed by atoms with Crippen LogP contribution in [0.2, 0.25) is 0 Å². The minimum Gasteiger partial charge on any atom is -0.313 e. The number of hydrogen-bond donors (Lipinski definition) is 1. The van der Waals surface area contributed by atoms with Gasteiger partial charge in [-0.05, 0) is 25.5 Å². The zero-order chi connectivity index (χ0) is 11.8. The monoisotopic (exact) mass is 224 g/mol. The van der Waals surface area contributed by atoms with Gasteiger partial charge in [0.25, 0.3) is 0 Å². The first-order valence-corrected chi connectivity index (χ1v) is 5.26. The Morgan fingerprint density at radius 2 is 2.06 bits per heavy atom. The molecule has 0 aliphatic carbocycles. The molecule has 0 fully saturated rings. The van der Waals surface area contributed by atoms with E-state index in [4.69, 9.17) is 5.26 Å². The van der Waals surface area contributed by atoms with E-state index in [1.165, 1.54) is 6.07 Å². The first-order valence-electron chi connectivity index (χ1n) is 5.26. The molecule has 0 spiro atoms. The number of nitrogens with zero attached hydrogens (tertiary/aromatic N) is 1. The van der Waals surface area contributed by atoms with E-state index in [9.17, 15) is 8.78 Å². The fourth-order valence-corrected chi connectivity index (χ4v) is 1.36. The van der Waals surface area contributed by atoms with Gasteiger partial charge in [-0.15, -0.1) is 0 Å². The highest BCUT2D eigenvalue weighted by Gasteiger charge is 2.06. The molecule has 4 heteroatoms. The number of benzene rings is 1. The number of halogens is 2. The molecule has 2 nitrogen and oxygen atoms in total. The average molecular weight is 224 g/mol. The molecule has 0 saturated heterocycles. The summed E-state index contributed by atoms with van der Waals surface area (Å²) in [4.78, 5) is 0. The van der Waals surface area contributed by atoms with E-state index >= 15 is 0 Å². The average Bonchev–Trinajstić information content (AvgIpc) is 2.29. The van der Waals surface area contributed by atoms with Gasteiger partial charge >= 0.3 is 0 Å². The lowest BCUT2D eigenvalue weighted by Crippen LogP contribution is -2.15. The molecule has 0 atom stereocenters. The van der Waals surface area contributed by atoms with Gasteiger partial charge in [0, 0.05) is 18.5 Å². The molecular weight excluding hydrogens is 210 g/mol. The Kier molecular flexibility index (Phi) is 5.44. The van der Waals surface area contributed by atoms with Gasteiger partial charge in [-0.1, -0.05) is 12.1 Å². The van der Waals surface area contributed by atoms with E-state index in [2.05, 4.69) is 11.4 Å². The Morgan fingerprint density at radius 3 is 2.81 bits per heavy atom. The molecular formula is C12H14F2N2. The second kappa shape index (κ2) is 6.91. The molecule has 16 heavy (non-hydrogen) atoms. The van der Waals surface area contributed by atoms with Crippen molar-refractivity contribution in [3.63, 3.8) is 0 Å². The van der Waals surface area contributed by atoms with Crippen molar-refractivity contribution in [3.05, 3.63) is 35.4 Å². The molecule has 1 aromatic carbocycles. The van der Waals surface area contributed by atoms with Gasteiger partial charge in [-0.25, -0.2) is 8.78 Å². The summed E-state index contributed by atoms with van der Waals surface area (Å²) in [6, 6.07) is 6.21. The van der Waals surface area contributed by atoms with E-state index in [0.29, 0.717) is 25.1 Å². The quantitative estimate of drug-likeness (QED) is 0.754. The van der Waals surface area contributed by atoms with Gasteiger partial charge in [-0.2, -0.15) is 5.26 Å². The molecule has 0 unspecified atom stereocenters. The predicted octanol–water partition coefficient (Wildman–Crippen LogP) is 2.75. The smallest absolute Gasteiger partial charge is 0.163 e. The number of nitriles is 1. The van der Waals surface area contributed by atoms with Crippen molar-refractivity contribution in [2.75, 3.05) is 6.54 Å². The van der Waals surface area contributed by atoms with Crippen LogP contribution in [0.5, 0.6) is 0 Å². The highest BCUT2D eigenvalue weighted by molar-refractivity contribution is 5.18. The standard InChI is InChI=1S/C12H14F2N2/c13-11-6-4-5-10(12(11)14)9-16-8-3-1-2-7-15/h4-6,16H,1-3,8-9H2. The second-order valence-corrected chi connectivity index (χ2v) is 3.50. The Labute approximate surface area is 93.9 Å². The van der Waals surface area contributed by atoms with Gasteiger partial charge in [-0.3, -0.25) is 0 Å². The normalized spacial score (nSPS) is 10.1. The summed E-state index contributed by atoms with van der Waals surface area (Å²) < 4.78 is 26.0. The van der Waals surface area contributed by atoms with Crippen LogP contribution in [0, 0.1) is 23.0 Å². The molecule has 0 heterocycles. The predicted molar refractivity (Wildman–Crippen MR) is 57.5 cm³/mol. The van der Waals surface area contributed by atoms with Crippen molar-refractivity contribution < 1.29 is 8.78 Å². The number of hydrogen-bond acceptors (Lipinski definition) is 2. The Hall–Kier alpha value is -1.47. The zero-order valence-electron chi connectivity index (χ0n) is 8.97. The van der Waals surface area contributed by atoms with Crippen molar-refractivity contribution in [3.8, 4) is 6.07 Å². The highest BCUT2D eigenvalue weighted by atomic mass is 19.2. The van der Waals surface area contributed by atoms with Gasteiger partial charge < -0.3 is 5.32 Å². The van der Waals surface area contributed by atoms with E-state index in [0.717, 1.165) is 18.9 Å². The Morgan fingerprint density at radius 1 is 1.25 bits per heavy atom. The summed E-state index contributed by atoms with van der Waals surface area (Å²) in [6.45, 7) is 1.02. The lowest BCUT2D eigenvalue weighted by Gasteiger charge is -2.05. The van der Waals surface area contributed by atoms with Crippen molar-refractivity contribution in [2.45, 2.75) is 25.8 Å². The summed E-state index contributed by atoms with van der Waals surface area (Å²) in [7, 11) is 0. The minimum absolute atomic E-state index is 0.316. The topological polar surface area (TPSA) is 35.8 Å². The van der Waals surface area contributed by atoms with Gasteiger partial charge in [0.05, 0.1) is 6.07 Å². The van der Waals surface area contributed by atoms with Crippen LogP contribution in [0.15, 0.2) is 18.2 Å². The molecule has 0 radical (unpaired) electrons. The number of nitrogens with one attached hydrogen (secondary N) is 1. The van der Waals surface area contributed by atoms with Gasteiger partial charge in [0.2, 0.25) is 0 Å². The SMILES string of the molecule is N#CCCCCNCc1cccc(F)c1F. The van der Waals surface area contributed by atoms with Crippen molar-refractivity contribution >= 4 is 0 Å². The summed E-state index contributed by atoms with van der Waals surface area (Å²) >= 11 is 0. The zero-order valence-corrected chi connectivity index (χ0v) is 8.97. The maximum atomic E-state index is 13.2. The minimum atomic E-state index is -0.816. The molecule has 0 aromatic heterocycles. The summed E-state index contributed by atoms with van der Waals surface area (Å²) in [6.07, 6.45) is 2.23. The van der Waals surface area contributed by atoms with E-state index in [1.54, 1.807) is 6.07 Å². The van der Waals surface area contributed by atoms with Crippen LogP contribution in [0.25, 0.3) is 0 Å². The fraction of sp³-hybridized carbons (Fsp3) is 0.417. The highest BCUT2D eigenvalue weighted by Crippen LogP contribution is 2.10. The van der Waals surface area contributed by atoms with E-state index in [-0.39, 0.29) is 0 Å². The molecule has 1 aromatic rings. The van der Waals surface area contributed by atoms with Crippen LogP contribution in [0.4, 0.5) is 8.78 Å². The van der Waals surface area contributed by atoms with E-state index in [1.807, 2.05) is 0 Å². The second-order valence-electron chi connectivity index (χ2n) is 3.50. The van der Waals surface area contributed by atoms with Gasteiger partial charge in [0.1, 0.15) is 0 Å². The van der Waals surface area contributed by atoms with Crippen molar-refractivity contribution in [1.29, 1.82) is 5.26 Å². The fourth-order valence-electron chi connectivity index (χ4n) is 1.36. The van der Waals surface area contributed by atoms with Gasteiger partial charge in [0.15, 0.2) is 11.6 Å². The van der Waals surface area contributed by atoms with Crippen LogP contribution in [-0.2, 0) is 6.54 Å². The largest absolute Gasteiger partial charge is 0.313 e. The summed E-state index contributed by atoms with van der Waals surface area (Å²) in [5.41, 5.74) is 0.334. The maximum absolute atomic E-state index is 13.2. The molecule has 0 aliphatic rings. The molecule has 86 valence electrons. The van der Waals surface area contributed by atoms with Crippen LogP contribution < -0.4 is 5.32 Å².